The van der Waals surface area contributed by atoms with Crippen LogP contribution in [0.15, 0.2) is 54.9 Å². The molecule has 0 saturated carbocycles. The Labute approximate surface area is 152 Å². The molecule has 0 aliphatic carbocycles. The number of carbonyl (C=O) groups excluding carboxylic acids is 1. The van der Waals surface area contributed by atoms with E-state index in [0.717, 1.165) is 23.2 Å². The van der Waals surface area contributed by atoms with Crippen LogP contribution < -0.4 is 15.0 Å². The number of carbonyl (C=O) groups is 1. The molecule has 0 fully saturated rings. The Morgan fingerprint density at radius 2 is 2.12 bits per heavy atom. The van der Waals surface area contributed by atoms with Gasteiger partial charge in [0.25, 0.3) is 0 Å². The number of halogens is 1. The highest BCUT2D eigenvalue weighted by molar-refractivity contribution is 6.05. The van der Waals surface area contributed by atoms with Gasteiger partial charge in [0.1, 0.15) is 5.75 Å². The number of benzene rings is 2. The summed E-state index contributed by atoms with van der Waals surface area (Å²) < 4.78 is 5.29. The van der Waals surface area contributed by atoms with E-state index in [1.54, 1.807) is 30.5 Å². The zero-order valence-electron chi connectivity index (χ0n) is 13.7. The van der Waals surface area contributed by atoms with E-state index in [9.17, 15) is 4.79 Å². The molecule has 0 unspecified atom stereocenters. The van der Waals surface area contributed by atoms with Crippen LogP contribution in [-0.2, 0) is 6.42 Å². The van der Waals surface area contributed by atoms with Crippen molar-refractivity contribution < 1.29 is 9.53 Å². The highest BCUT2D eigenvalue weighted by Crippen LogP contribution is 2.35. The van der Waals surface area contributed by atoms with E-state index in [1.807, 2.05) is 30.3 Å². The van der Waals surface area contributed by atoms with E-state index in [-0.39, 0.29) is 18.4 Å². The van der Waals surface area contributed by atoms with Gasteiger partial charge < -0.3 is 10.1 Å². The molecule has 2 aromatic carbocycles. The van der Waals surface area contributed by atoms with Gasteiger partial charge in [0.15, 0.2) is 0 Å². The summed E-state index contributed by atoms with van der Waals surface area (Å²) in [7, 11) is 1.67. The first kappa shape index (κ1) is 17.0. The highest BCUT2D eigenvalue weighted by atomic mass is 35.5. The lowest BCUT2D eigenvalue weighted by molar-refractivity contribution is 0.257. The fraction of sp³-hybridized carbons (Fsp3) is 0.158. The van der Waals surface area contributed by atoms with Crippen LogP contribution in [0.25, 0.3) is 10.8 Å². The normalized spacial score (nSPS) is 12.4. The first-order valence-electron chi connectivity index (χ1n) is 7.84. The molecule has 1 aliphatic heterocycles. The van der Waals surface area contributed by atoms with Crippen LogP contribution in [0, 0.1) is 0 Å². The Morgan fingerprint density at radius 1 is 1.24 bits per heavy atom. The fourth-order valence-electron chi connectivity index (χ4n) is 3.19. The highest BCUT2D eigenvalue weighted by Gasteiger charge is 2.26. The number of fused-ring (bicyclic) bond motifs is 3. The zero-order valence-corrected chi connectivity index (χ0v) is 14.5. The lowest BCUT2D eigenvalue weighted by Gasteiger charge is -2.18. The number of amides is 2. The third-order valence-corrected chi connectivity index (χ3v) is 4.35. The second-order valence-corrected chi connectivity index (χ2v) is 5.72. The van der Waals surface area contributed by atoms with Crippen LogP contribution in [0.4, 0.5) is 16.2 Å². The molecule has 6 heteroatoms. The summed E-state index contributed by atoms with van der Waals surface area (Å²) in [6, 6.07) is 13.6. The minimum Gasteiger partial charge on any atom is -0.497 e. The van der Waals surface area contributed by atoms with E-state index in [2.05, 4.69) is 16.4 Å². The van der Waals surface area contributed by atoms with E-state index in [1.165, 1.54) is 10.9 Å². The van der Waals surface area contributed by atoms with Gasteiger partial charge >= 0.3 is 6.03 Å². The summed E-state index contributed by atoms with van der Waals surface area (Å²) in [5.41, 5.74) is 2.87. The number of pyridine rings is 1. The maximum absolute atomic E-state index is 12.6. The number of nitrogens with zero attached hydrogens (tertiary/aromatic N) is 2. The Kier molecular flexibility index (Phi) is 4.76. The van der Waals surface area contributed by atoms with E-state index >= 15 is 0 Å². The maximum atomic E-state index is 12.6. The molecule has 128 valence electrons. The monoisotopic (exact) mass is 355 g/mol. The van der Waals surface area contributed by atoms with Gasteiger partial charge in [-0.3, -0.25) is 9.88 Å². The Balaban J connectivity index is 0.00000182. The summed E-state index contributed by atoms with van der Waals surface area (Å²) in [5.74, 6) is 0.839. The second kappa shape index (κ2) is 6.99. The quantitative estimate of drug-likeness (QED) is 0.747. The van der Waals surface area contributed by atoms with Crippen LogP contribution >= 0.6 is 12.4 Å². The molecular weight excluding hydrogens is 338 g/mol. The van der Waals surface area contributed by atoms with Gasteiger partial charge in [0, 0.05) is 18.4 Å². The van der Waals surface area contributed by atoms with Gasteiger partial charge in [-0.15, -0.1) is 12.4 Å². The van der Waals surface area contributed by atoms with Crippen molar-refractivity contribution in [3.05, 3.63) is 60.4 Å². The van der Waals surface area contributed by atoms with Crippen molar-refractivity contribution in [2.75, 3.05) is 23.9 Å². The Morgan fingerprint density at radius 3 is 2.88 bits per heavy atom. The molecule has 3 aromatic rings. The molecule has 1 aliphatic rings. The molecule has 0 saturated heterocycles. The lowest BCUT2D eigenvalue weighted by atomic mass is 10.0. The zero-order chi connectivity index (χ0) is 16.5. The second-order valence-electron chi connectivity index (χ2n) is 5.72. The molecule has 1 N–H and O–H groups in total. The number of ether oxygens (including phenoxy) is 1. The molecule has 0 bridgehead atoms. The van der Waals surface area contributed by atoms with E-state index in [0.29, 0.717) is 12.2 Å². The molecule has 0 radical (unpaired) electrons. The molecule has 1 aromatic heterocycles. The van der Waals surface area contributed by atoms with Gasteiger partial charge in [0.05, 0.1) is 19.0 Å². The van der Waals surface area contributed by atoms with Crippen LogP contribution in [0.5, 0.6) is 5.75 Å². The molecule has 4 rings (SSSR count). The molecule has 0 spiro atoms. The first-order chi connectivity index (χ1) is 11.8. The first-order valence-corrected chi connectivity index (χ1v) is 7.84. The van der Waals surface area contributed by atoms with Crippen molar-refractivity contribution in [1.29, 1.82) is 0 Å². The van der Waals surface area contributed by atoms with Gasteiger partial charge in [-0.1, -0.05) is 12.1 Å². The Hall–Kier alpha value is -2.79. The average Bonchev–Trinajstić information content (AvgIpc) is 3.06. The van der Waals surface area contributed by atoms with Crippen LogP contribution in [-0.4, -0.2) is 24.7 Å². The molecular formula is C19H18ClN3O2. The van der Waals surface area contributed by atoms with Crippen molar-refractivity contribution in [3.8, 4) is 5.75 Å². The van der Waals surface area contributed by atoms with Gasteiger partial charge in [0.2, 0.25) is 0 Å². The summed E-state index contributed by atoms with van der Waals surface area (Å²) in [6.07, 6.45) is 4.17. The van der Waals surface area contributed by atoms with Crippen LogP contribution in [0.3, 0.4) is 0 Å². The SMILES string of the molecule is COc1ccc2c3c(ccc2c1)N(C(=O)Nc1cccnc1)CC3.Cl. The van der Waals surface area contributed by atoms with E-state index in [4.69, 9.17) is 4.74 Å². The number of hydrogen-bond donors (Lipinski definition) is 1. The summed E-state index contributed by atoms with van der Waals surface area (Å²) in [5, 5.41) is 5.19. The number of hydrogen-bond acceptors (Lipinski definition) is 3. The predicted molar refractivity (Wildman–Crippen MR) is 102 cm³/mol. The number of rotatable bonds is 2. The molecule has 25 heavy (non-hydrogen) atoms. The van der Waals surface area contributed by atoms with Crippen molar-refractivity contribution in [2.24, 2.45) is 0 Å². The molecule has 2 heterocycles. The predicted octanol–water partition coefficient (Wildman–Crippen LogP) is 4.26. The van der Waals surface area contributed by atoms with Gasteiger partial charge in [-0.25, -0.2) is 4.79 Å². The van der Waals surface area contributed by atoms with Crippen LogP contribution in [0.1, 0.15) is 5.56 Å². The topological polar surface area (TPSA) is 54.5 Å². The van der Waals surface area contributed by atoms with Gasteiger partial charge in [-0.2, -0.15) is 0 Å². The number of nitrogens with one attached hydrogen (secondary N) is 1. The minimum atomic E-state index is -0.130. The minimum absolute atomic E-state index is 0. The van der Waals surface area contributed by atoms with Gasteiger partial charge in [-0.05, 0) is 53.1 Å². The van der Waals surface area contributed by atoms with Crippen molar-refractivity contribution in [2.45, 2.75) is 6.42 Å². The van der Waals surface area contributed by atoms with Crippen LogP contribution in [0.2, 0.25) is 0 Å². The number of urea groups is 1. The van der Waals surface area contributed by atoms with Crippen molar-refractivity contribution >= 4 is 40.6 Å². The number of aromatic nitrogens is 1. The third-order valence-electron chi connectivity index (χ3n) is 4.35. The number of anilines is 2. The standard InChI is InChI=1S/C19H17N3O2.ClH/c1-24-15-5-6-16-13(11-15)4-7-18-17(16)8-10-22(18)19(23)21-14-3-2-9-20-12-14;/h2-7,9,11-12H,8,10H2,1H3,(H,21,23);1H. The Bertz CT molecular complexity index is 915. The summed E-state index contributed by atoms with van der Waals surface area (Å²) in [6.45, 7) is 0.673. The number of methoxy groups -OCH3 is 1. The largest absolute Gasteiger partial charge is 0.497 e. The third kappa shape index (κ3) is 3.10. The van der Waals surface area contributed by atoms with Crippen molar-refractivity contribution in [1.82, 2.24) is 4.98 Å². The fourth-order valence-corrected chi connectivity index (χ4v) is 3.19. The lowest BCUT2D eigenvalue weighted by Crippen LogP contribution is -2.33. The van der Waals surface area contributed by atoms with E-state index < -0.39 is 0 Å². The molecule has 0 atom stereocenters. The maximum Gasteiger partial charge on any atom is 0.326 e. The molecule has 5 nitrogen and oxygen atoms in total. The van der Waals surface area contributed by atoms with Crippen molar-refractivity contribution in [3.63, 3.8) is 0 Å². The molecule has 2 amide bonds. The summed E-state index contributed by atoms with van der Waals surface area (Å²) >= 11 is 0. The average molecular weight is 356 g/mol. The summed E-state index contributed by atoms with van der Waals surface area (Å²) in [4.78, 5) is 18.4. The smallest absolute Gasteiger partial charge is 0.326 e.